The summed E-state index contributed by atoms with van der Waals surface area (Å²) in [5.74, 6) is -1.71. The van der Waals surface area contributed by atoms with Crippen LogP contribution in [0, 0.1) is 11.6 Å². The molecule has 1 atom stereocenters. The third-order valence-electron chi connectivity index (χ3n) is 4.76. The second-order valence-corrected chi connectivity index (χ2v) is 7.06. The van der Waals surface area contributed by atoms with E-state index >= 15 is 0 Å². The zero-order chi connectivity index (χ0) is 20.5. The van der Waals surface area contributed by atoms with Crippen molar-refractivity contribution in [3.63, 3.8) is 0 Å². The molecule has 0 spiro atoms. The van der Waals surface area contributed by atoms with E-state index in [1.165, 1.54) is 33.8 Å². The van der Waals surface area contributed by atoms with Crippen molar-refractivity contribution in [1.29, 1.82) is 0 Å². The Bertz CT molecular complexity index is 1080. The number of carbonyl (C=O) groups excluding carboxylic acids is 1. The fourth-order valence-electron chi connectivity index (χ4n) is 3.36. The number of aliphatic hydroxyl groups excluding tert-OH is 1. The van der Waals surface area contributed by atoms with Crippen LogP contribution in [0.2, 0.25) is 5.15 Å². The minimum atomic E-state index is -0.818. The van der Waals surface area contributed by atoms with Gasteiger partial charge in [-0.1, -0.05) is 11.6 Å². The van der Waals surface area contributed by atoms with Crippen LogP contribution in [-0.4, -0.2) is 61.0 Å². The number of aliphatic hydroxyl groups is 1. The van der Waals surface area contributed by atoms with Gasteiger partial charge in [0.2, 0.25) is 11.7 Å². The van der Waals surface area contributed by atoms with Gasteiger partial charge in [-0.3, -0.25) is 9.20 Å². The highest BCUT2D eigenvalue weighted by Crippen LogP contribution is 2.26. The van der Waals surface area contributed by atoms with E-state index in [-0.39, 0.29) is 28.7 Å². The van der Waals surface area contributed by atoms with Crippen LogP contribution in [0.5, 0.6) is 0 Å². The Kier molecular flexibility index (Phi) is 5.29. The molecule has 0 saturated carbocycles. The molecule has 0 unspecified atom stereocenters. The molecule has 152 valence electrons. The Hall–Kier alpha value is -2.85. The molecule has 0 aromatic carbocycles. The fourth-order valence-corrected chi connectivity index (χ4v) is 3.53. The highest BCUT2D eigenvalue weighted by molar-refractivity contribution is 6.29. The Morgan fingerprint density at radius 2 is 2.17 bits per heavy atom. The SMILES string of the molecule is O=C(CO)N1CCC[C@@H](Nc2nc(-c3cnc4ccc(F)cn34)nc(Cl)c2F)C1. The Labute approximate surface area is 169 Å². The number of amides is 1. The molecule has 3 aromatic rings. The molecule has 0 aliphatic carbocycles. The lowest BCUT2D eigenvalue weighted by atomic mass is 10.1. The molecule has 0 bridgehead atoms. The molecule has 4 rings (SSSR count). The van der Waals surface area contributed by atoms with Crippen molar-refractivity contribution >= 4 is 29.0 Å². The number of nitrogens with zero attached hydrogens (tertiary/aromatic N) is 5. The fraction of sp³-hybridized carbons (Fsp3) is 0.333. The summed E-state index contributed by atoms with van der Waals surface area (Å²) in [5, 5.41) is 11.6. The first-order chi connectivity index (χ1) is 14.0. The van der Waals surface area contributed by atoms with Crippen LogP contribution >= 0.6 is 11.6 Å². The standard InChI is InChI=1S/C18H17ClF2N6O2/c19-16-15(21)18(23-11-2-1-5-26(8-11)14(29)9-28)25-17(24-16)12-6-22-13-4-3-10(20)7-27(12)13/h3-4,6-7,11,28H,1-2,5,8-9H2,(H,23,24,25)/t11-/m1/s1. The minimum Gasteiger partial charge on any atom is -0.387 e. The van der Waals surface area contributed by atoms with Crippen molar-refractivity contribution in [2.45, 2.75) is 18.9 Å². The van der Waals surface area contributed by atoms with Gasteiger partial charge in [0.05, 0.1) is 6.20 Å². The molecule has 11 heteroatoms. The van der Waals surface area contributed by atoms with Crippen molar-refractivity contribution in [3.05, 3.63) is 41.3 Å². The lowest BCUT2D eigenvalue weighted by Gasteiger charge is -2.33. The second kappa shape index (κ2) is 7.88. The van der Waals surface area contributed by atoms with E-state index in [0.717, 1.165) is 0 Å². The molecule has 4 heterocycles. The molecular weight excluding hydrogens is 406 g/mol. The van der Waals surface area contributed by atoms with Gasteiger partial charge in [-0.25, -0.2) is 19.3 Å². The van der Waals surface area contributed by atoms with Gasteiger partial charge < -0.3 is 15.3 Å². The maximum absolute atomic E-state index is 14.6. The first kappa shape index (κ1) is 19.5. The number of nitrogens with one attached hydrogen (secondary N) is 1. The lowest BCUT2D eigenvalue weighted by molar-refractivity contribution is -0.135. The first-order valence-corrected chi connectivity index (χ1v) is 9.35. The van der Waals surface area contributed by atoms with Crippen molar-refractivity contribution in [1.82, 2.24) is 24.3 Å². The van der Waals surface area contributed by atoms with E-state index in [0.29, 0.717) is 37.3 Å². The molecule has 1 aliphatic heterocycles. The zero-order valence-electron chi connectivity index (χ0n) is 15.1. The molecule has 2 N–H and O–H groups in total. The van der Waals surface area contributed by atoms with Gasteiger partial charge in [0.25, 0.3) is 0 Å². The van der Waals surface area contributed by atoms with Gasteiger partial charge in [0, 0.05) is 25.3 Å². The zero-order valence-corrected chi connectivity index (χ0v) is 15.9. The smallest absolute Gasteiger partial charge is 0.248 e. The summed E-state index contributed by atoms with van der Waals surface area (Å²) in [6, 6.07) is 2.50. The average Bonchev–Trinajstić information content (AvgIpc) is 3.14. The maximum Gasteiger partial charge on any atom is 0.248 e. The predicted octanol–water partition coefficient (Wildman–Crippen LogP) is 2.12. The van der Waals surface area contributed by atoms with E-state index < -0.39 is 18.2 Å². The van der Waals surface area contributed by atoms with Crippen LogP contribution < -0.4 is 5.32 Å². The van der Waals surface area contributed by atoms with E-state index in [9.17, 15) is 13.6 Å². The van der Waals surface area contributed by atoms with Crippen LogP contribution in [0.4, 0.5) is 14.6 Å². The summed E-state index contributed by atoms with van der Waals surface area (Å²) in [6.07, 6.45) is 4.06. The molecule has 1 aliphatic rings. The highest BCUT2D eigenvalue weighted by Gasteiger charge is 2.25. The Morgan fingerprint density at radius 3 is 2.97 bits per heavy atom. The number of imidazole rings is 1. The van der Waals surface area contributed by atoms with E-state index in [1.807, 2.05) is 0 Å². The number of hydrogen-bond donors (Lipinski definition) is 2. The number of piperidine rings is 1. The largest absolute Gasteiger partial charge is 0.387 e. The van der Waals surface area contributed by atoms with Crippen molar-refractivity contribution < 1.29 is 18.7 Å². The summed E-state index contributed by atoms with van der Waals surface area (Å²) in [4.78, 5) is 25.6. The first-order valence-electron chi connectivity index (χ1n) is 8.97. The van der Waals surface area contributed by atoms with Gasteiger partial charge >= 0.3 is 0 Å². The summed E-state index contributed by atoms with van der Waals surface area (Å²) >= 11 is 5.97. The molecule has 0 radical (unpaired) electrons. The highest BCUT2D eigenvalue weighted by atomic mass is 35.5. The molecule has 3 aromatic heterocycles. The summed E-state index contributed by atoms with van der Waals surface area (Å²) in [6.45, 7) is 0.259. The third-order valence-corrected chi connectivity index (χ3v) is 5.01. The van der Waals surface area contributed by atoms with Gasteiger partial charge in [0.1, 0.15) is 23.8 Å². The summed E-state index contributed by atoms with van der Waals surface area (Å²) in [5.41, 5.74) is 0.829. The van der Waals surface area contributed by atoms with E-state index in [2.05, 4.69) is 20.3 Å². The third kappa shape index (κ3) is 3.85. The molecule has 8 nitrogen and oxygen atoms in total. The molecule has 1 saturated heterocycles. The van der Waals surface area contributed by atoms with Crippen molar-refractivity contribution in [2.75, 3.05) is 25.0 Å². The number of pyridine rings is 1. The van der Waals surface area contributed by atoms with Gasteiger partial charge in [-0.05, 0) is 25.0 Å². The number of aromatic nitrogens is 4. The lowest BCUT2D eigenvalue weighted by Crippen LogP contribution is -2.46. The number of halogens is 3. The second-order valence-electron chi connectivity index (χ2n) is 6.70. The minimum absolute atomic E-state index is 0.0797. The quantitative estimate of drug-likeness (QED) is 0.625. The maximum atomic E-state index is 14.6. The van der Waals surface area contributed by atoms with Crippen LogP contribution in [0.1, 0.15) is 12.8 Å². The van der Waals surface area contributed by atoms with E-state index in [1.54, 1.807) is 0 Å². The predicted molar refractivity (Wildman–Crippen MR) is 101 cm³/mol. The van der Waals surface area contributed by atoms with Crippen LogP contribution in [-0.2, 0) is 4.79 Å². The topological polar surface area (TPSA) is 95.7 Å². The van der Waals surface area contributed by atoms with Gasteiger partial charge in [0.15, 0.2) is 16.8 Å². The Morgan fingerprint density at radius 1 is 1.34 bits per heavy atom. The van der Waals surface area contributed by atoms with Crippen LogP contribution in [0.3, 0.4) is 0 Å². The average molecular weight is 423 g/mol. The molecular formula is C18H17ClF2N6O2. The molecule has 1 fully saturated rings. The normalized spacial score (nSPS) is 17.0. The number of likely N-dealkylation sites (tertiary alicyclic amines) is 1. The monoisotopic (exact) mass is 422 g/mol. The summed E-state index contributed by atoms with van der Waals surface area (Å²) in [7, 11) is 0. The molecule has 1 amide bonds. The summed E-state index contributed by atoms with van der Waals surface area (Å²) < 4.78 is 29.6. The van der Waals surface area contributed by atoms with Crippen LogP contribution in [0.15, 0.2) is 24.5 Å². The van der Waals surface area contributed by atoms with Crippen molar-refractivity contribution in [2.24, 2.45) is 0 Å². The number of hydrogen-bond acceptors (Lipinski definition) is 6. The van der Waals surface area contributed by atoms with Crippen molar-refractivity contribution in [3.8, 4) is 11.5 Å². The number of carbonyl (C=O) groups is 1. The van der Waals surface area contributed by atoms with E-state index in [4.69, 9.17) is 16.7 Å². The molecule has 29 heavy (non-hydrogen) atoms. The number of rotatable bonds is 4. The van der Waals surface area contributed by atoms with Gasteiger partial charge in [-0.15, -0.1) is 0 Å². The number of anilines is 1. The van der Waals surface area contributed by atoms with Crippen LogP contribution in [0.25, 0.3) is 17.2 Å². The van der Waals surface area contributed by atoms with Gasteiger partial charge in [-0.2, -0.15) is 4.39 Å². The number of fused-ring (bicyclic) bond motifs is 1. The Balaban J connectivity index is 1.65.